The molecule has 128 valence electrons. The molecule has 0 saturated heterocycles. The van der Waals surface area contributed by atoms with E-state index in [1.165, 1.54) is 0 Å². The molecule has 3 amide bonds. The summed E-state index contributed by atoms with van der Waals surface area (Å²) < 4.78 is 1.79. The van der Waals surface area contributed by atoms with E-state index in [9.17, 15) is 9.59 Å². The van der Waals surface area contributed by atoms with Crippen molar-refractivity contribution in [3.05, 3.63) is 48.3 Å². The fraction of sp³-hybridized carbons (Fsp3) is 0.353. The summed E-state index contributed by atoms with van der Waals surface area (Å²) in [7, 11) is 1.60. The van der Waals surface area contributed by atoms with Gasteiger partial charge in [-0.1, -0.05) is 12.1 Å². The molecule has 0 saturated carbocycles. The van der Waals surface area contributed by atoms with Gasteiger partial charge in [-0.15, -0.1) is 0 Å². The van der Waals surface area contributed by atoms with Gasteiger partial charge in [0.05, 0.1) is 13.0 Å². The highest BCUT2D eigenvalue weighted by molar-refractivity contribution is 5.89. The minimum absolute atomic E-state index is 0.0621. The number of likely N-dealkylation sites (N-methyl/N-ethyl adjacent to an activating group) is 2. The number of benzene rings is 1. The van der Waals surface area contributed by atoms with Crippen LogP contribution in [0.4, 0.5) is 10.5 Å². The second kappa shape index (κ2) is 8.71. The van der Waals surface area contributed by atoms with Crippen molar-refractivity contribution in [2.45, 2.75) is 19.9 Å². The summed E-state index contributed by atoms with van der Waals surface area (Å²) >= 11 is 0. The number of hydrogen-bond acceptors (Lipinski definition) is 3. The molecular formula is C17H23N5O2. The second-order valence-corrected chi connectivity index (χ2v) is 5.33. The van der Waals surface area contributed by atoms with Crippen molar-refractivity contribution < 1.29 is 9.59 Å². The second-order valence-electron chi connectivity index (χ2n) is 5.33. The molecule has 0 spiro atoms. The number of hydrogen-bond donors (Lipinski definition) is 2. The average molecular weight is 329 g/mol. The molecule has 0 unspecified atom stereocenters. The Balaban J connectivity index is 1.94. The highest BCUT2D eigenvalue weighted by Crippen LogP contribution is 2.12. The lowest BCUT2D eigenvalue weighted by molar-refractivity contribution is -0.119. The fourth-order valence-corrected chi connectivity index (χ4v) is 2.29. The van der Waals surface area contributed by atoms with E-state index in [0.29, 0.717) is 25.3 Å². The summed E-state index contributed by atoms with van der Waals surface area (Å²) in [6, 6.07) is 9.01. The minimum atomic E-state index is -0.165. The highest BCUT2D eigenvalue weighted by atomic mass is 16.2. The molecular weight excluding hydrogens is 306 g/mol. The van der Waals surface area contributed by atoms with Gasteiger partial charge >= 0.3 is 6.03 Å². The molecule has 0 fully saturated rings. The predicted molar refractivity (Wildman–Crippen MR) is 92.7 cm³/mol. The number of urea groups is 1. The third-order valence-electron chi connectivity index (χ3n) is 3.65. The van der Waals surface area contributed by atoms with Crippen LogP contribution in [0.2, 0.25) is 0 Å². The van der Waals surface area contributed by atoms with Crippen LogP contribution in [0.1, 0.15) is 12.5 Å². The van der Waals surface area contributed by atoms with Crippen molar-refractivity contribution in [1.29, 1.82) is 0 Å². The zero-order chi connectivity index (χ0) is 17.4. The Morgan fingerprint density at radius 2 is 2.12 bits per heavy atom. The third kappa shape index (κ3) is 5.12. The summed E-state index contributed by atoms with van der Waals surface area (Å²) in [5, 5.41) is 9.60. The Hall–Kier alpha value is -2.83. The zero-order valence-electron chi connectivity index (χ0n) is 14.0. The van der Waals surface area contributed by atoms with Gasteiger partial charge in [0.1, 0.15) is 0 Å². The zero-order valence-corrected chi connectivity index (χ0v) is 14.0. The molecule has 2 aromatic rings. The highest BCUT2D eigenvalue weighted by Gasteiger charge is 2.12. The van der Waals surface area contributed by atoms with Crippen LogP contribution >= 0.6 is 0 Å². The summed E-state index contributed by atoms with van der Waals surface area (Å²) in [4.78, 5) is 25.6. The lowest BCUT2D eigenvalue weighted by Gasteiger charge is -2.21. The van der Waals surface area contributed by atoms with E-state index in [0.717, 1.165) is 5.56 Å². The van der Waals surface area contributed by atoms with E-state index in [1.54, 1.807) is 22.8 Å². The molecule has 0 atom stereocenters. The normalized spacial score (nSPS) is 10.2. The van der Waals surface area contributed by atoms with Crippen LogP contribution in [0, 0.1) is 0 Å². The van der Waals surface area contributed by atoms with Crippen LogP contribution in [0.3, 0.4) is 0 Å². The predicted octanol–water partition coefficient (Wildman–Crippen LogP) is 1.73. The average Bonchev–Trinajstić information content (AvgIpc) is 3.09. The first-order chi connectivity index (χ1) is 11.6. The van der Waals surface area contributed by atoms with Crippen LogP contribution < -0.4 is 10.6 Å². The van der Waals surface area contributed by atoms with Gasteiger partial charge in [0.25, 0.3) is 0 Å². The van der Waals surface area contributed by atoms with Gasteiger partial charge in [-0.05, 0) is 30.7 Å². The molecule has 7 heteroatoms. The van der Waals surface area contributed by atoms with E-state index in [2.05, 4.69) is 15.7 Å². The summed E-state index contributed by atoms with van der Waals surface area (Å²) in [6.45, 7) is 3.75. The first kappa shape index (κ1) is 17.5. The van der Waals surface area contributed by atoms with Crippen molar-refractivity contribution in [3.63, 3.8) is 0 Å². The molecule has 24 heavy (non-hydrogen) atoms. The first-order valence-corrected chi connectivity index (χ1v) is 7.95. The van der Waals surface area contributed by atoms with Gasteiger partial charge in [-0.3, -0.25) is 9.48 Å². The van der Waals surface area contributed by atoms with Crippen molar-refractivity contribution >= 4 is 17.6 Å². The van der Waals surface area contributed by atoms with Crippen LogP contribution in [0.15, 0.2) is 42.7 Å². The van der Waals surface area contributed by atoms with Crippen LogP contribution in [0.5, 0.6) is 0 Å². The van der Waals surface area contributed by atoms with Gasteiger partial charge in [0.2, 0.25) is 5.91 Å². The van der Waals surface area contributed by atoms with Gasteiger partial charge < -0.3 is 15.5 Å². The third-order valence-corrected chi connectivity index (χ3v) is 3.65. The van der Waals surface area contributed by atoms with E-state index in [-0.39, 0.29) is 18.4 Å². The molecule has 2 rings (SSSR count). The number of rotatable bonds is 7. The SMILES string of the molecule is CCN(CCn1cccn1)C(=O)Nc1cccc(CC(=O)NC)c1. The molecule has 0 radical (unpaired) electrons. The molecule has 0 aliphatic rings. The van der Waals surface area contributed by atoms with Gasteiger partial charge in [-0.25, -0.2) is 4.79 Å². The molecule has 1 aromatic heterocycles. The summed E-state index contributed by atoms with van der Waals surface area (Å²) in [5.41, 5.74) is 1.53. The Kier molecular flexibility index (Phi) is 6.36. The maximum absolute atomic E-state index is 12.4. The molecule has 0 aliphatic heterocycles. The first-order valence-electron chi connectivity index (χ1n) is 7.95. The standard InChI is InChI=1S/C17H23N5O2/c1-3-21(10-11-22-9-5-8-19-22)17(24)20-15-7-4-6-14(12-15)13-16(23)18-2/h4-9,12H,3,10-11,13H2,1-2H3,(H,18,23)(H,20,24). The smallest absolute Gasteiger partial charge is 0.321 e. The number of carbonyl (C=O) groups excluding carboxylic acids is 2. The van der Waals surface area contributed by atoms with Gasteiger partial charge in [0.15, 0.2) is 0 Å². The number of amides is 3. The maximum atomic E-state index is 12.4. The summed E-state index contributed by atoms with van der Waals surface area (Å²) in [6.07, 6.45) is 3.87. The Morgan fingerprint density at radius 1 is 1.29 bits per heavy atom. The molecule has 0 aliphatic carbocycles. The van der Waals surface area contributed by atoms with Gasteiger partial charge in [0, 0.05) is 38.2 Å². The minimum Gasteiger partial charge on any atom is -0.359 e. The van der Waals surface area contributed by atoms with E-state index in [1.807, 2.05) is 43.5 Å². The van der Waals surface area contributed by atoms with Crippen molar-refractivity contribution in [2.75, 3.05) is 25.5 Å². The number of carbonyl (C=O) groups is 2. The molecule has 2 N–H and O–H groups in total. The number of anilines is 1. The van der Waals surface area contributed by atoms with E-state index >= 15 is 0 Å². The monoisotopic (exact) mass is 329 g/mol. The lowest BCUT2D eigenvalue weighted by Crippen LogP contribution is -2.37. The lowest BCUT2D eigenvalue weighted by atomic mass is 10.1. The van der Waals surface area contributed by atoms with Crippen molar-refractivity contribution in [2.24, 2.45) is 0 Å². The molecule has 0 bridgehead atoms. The van der Waals surface area contributed by atoms with Crippen LogP contribution in [-0.4, -0.2) is 46.8 Å². The van der Waals surface area contributed by atoms with E-state index < -0.39 is 0 Å². The number of nitrogens with zero attached hydrogens (tertiary/aromatic N) is 3. The molecule has 1 aromatic carbocycles. The number of aromatic nitrogens is 2. The molecule has 7 nitrogen and oxygen atoms in total. The van der Waals surface area contributed by atoms with Crippen LogP contribution in [-0.2, 0) is 17.8 Å². The van der Waals surface area contributed by atoms with Gasteiger partial charge in [-0.2, -0.15) is 5.10 Å². The molecule has 1 heterocycles. The Bertz CT molecular complexity index is 669. The topological polar surface area (TPSA) is 79.3 Å². The van der Waals surface area contributed by atoms with Crippen LogP contribution in [0.25, 0.3) is 0 Å². The Morgan fingerprint density at radius 3 is 2.79 bits per heavy atom. The Labute approximate surface area is 141 Å². The van der Waals surface area contributed by atoms with Crippen molar-refractivity contribution in [1.82, 2.24) is 20.0 Å². The quantitative estimate of drug-likeness (QED) is 0.812. The largest absolute Gasteiger partial charge is 0.359 e. The maximum Gasteiger partial charge on any atom is 0.321 e. The fourth-order valence-electron chi connectivity index (χ4n) is 2.29. The van der Waals surface area contributed by atoms with Crippen molar-refractivity contribution in [3.8, 4) is 0 Å². The summed E-state index contributed by atoms with van der Waals surface area (Å²) in [5.74, 6) is -0.0621. The number of nitrogens with one attached hydrogen (secondary N) is 2. The van der Waals surface area contributed by atoms with E-state index in [4.69, 9.17) is 0 Å².